The number of nitrogen functional groups attached to an aromatic ring is 1. The van der Waals surface area contributed by atoms with Gasteiger partial charge in [-0.25, -0.2) is 23.7 Å². The number of fused-ring (bicyclic) bond motifs is 3. The van der Waals surface area contributed by atoms with Crippen LogP contribution in [0.1, 0.15) is 42.1 Å². The molecule has 1 fully saturated rings. The van der Waals surface area contributed by atoms with Gasteiger partial charge in [-0.15, -0.1) is 5.10 Å². The van der Waals surface area contributed by atoms with E-state index >= 15 is 0 Å². The summed E-state index contributed by atoms with van der Waals surface area (Å²) in [5.41, 5.74) is 6.09. The van der Waals surface area contributed by atoms with Crippen molar-refractivity contribution in [1.82, 2.24) is 29.5 Å². The van der Waals surface area contributed by atoms with Crippen molar-refractivity contribution in [2.45, 2.75) is 31.7 Å². The van der Waals surface area contributed by atoms with Crippen molar-refractivity contribution < 1.29 is 18.0 Å². The highest BCUT2D eigenvalue weighted by Crippen LogP contribution is 2.31. The van der Waals surface area contributed by atoms with Crippen LogP contribution >= 0.6 is 0 Å². The molecule has 0 saturated carbocycles. The van der Waals surface area contributed by atoms with E-state index < -0.39 is 11.6 Å². The van der Waals surface area contributed by atoms with Crippen LogP contribution in [0.5, 0.6) is 0 Å². The zero-order chi connectivity index (χ0) is 21.0. The highest BCUT2D eigenvalue weighted by atomic mass is 19.1. The molecule has 0 bridgehead atoms. The lowest BCUT2D eigenvalue weighted by Crippen LogP contribution is -2.45. The van der Waals surface area contributed by atoms with E-state index in [-0.39, 0.29) is 46.1 Å². The molecule has 3 aromatic heterocycles. The van der Waals surface area contributed by atoms with Gasteiger partial charge in [0.25, 0.3) is 5.91 Å². The number of oxazole rings is 1. The van der Waals surface area contributed by atoms with Gasteiger partial charge in [-0.1, -0.05) is 0 Å². The number of nitrogens with two attached hydrogens (primary N) is 1. The predicted molar refractivity (Wildman–Crippen MR) is 102 cm³/mol. The Kier molecular flexibility index (Phi) is 4.12. The Morgan fingerprint density at radius 3 is 2.87 bits per heavy atom. The first-order chi connectivity index (χ1) is 14.4. The SMILES string of the molecule is C[C@H]1CC[C@@H](c2nc3c4cc(F)cc(F)c4nc(N)n3n2)CN1C(=O)c1cnco1. The number of halogens is 2. The number of rotatable bonds is 2. The summed E-state index contributed by atoms with van der Waals surface area (Å²) in [7, 11) is 0. The molecule has 0 unspecified atom stereocenters. The topological polar surface area (TPSA) is 115 Å². The Hall–Kier alpha value is -3.63. The van der Waals surface area contributed by atoms with Crippen LogP contribution in [-0.2, 0) is 0 Å². The Balaban J connectivity index is 1.55. The van der Waals surface area contributed by atoms with Gasteiger partial charge >= 0.3 is 0 Å². The van der Waals surface area contributed by atoms with Gasteiger partial charge in [0.1, 0.15) is 11.3 Å². The lowest BCUT2D eigenvalue weighted by molar-refractivity contribution is 0.0574. The lowest BCUT2D eigenvalue weighted by Gasteiger charge is -2.36. The molecule has 1 saturated heterocycles. The van der Waals surface area contributed by atoms with Crippen molar-refractivity contribution in [3.05, 3.63) is 47.9 Å². The van der Waals surface area contributed by atoms with Gasteiger partial charge < -0.3 is 15.1 Å². The number of hydrogen-bond acceptors (Lipinski definition) is 7. The summed E-state index contributed by atoms with van der Waals surface area (Å²) >= 11 is 0. The van der Waals surface area contributed by atoms with Crippen LogP contribution in [0.25, 0.3) is 16.6 Å². The summed E-state index contributed by atoms with van der Waals surface area (Å²) in [6, 6.07) is 1.91. The Bertz CT molecular complexity index is 1270. The highest BCUT2D eigenvalue weighted by molar-refractivity contribution is 5.93. The second-order valence-corrected chi connectivity index (χ2v) is 7.41. The average molecular weight is 413 g/mol. The summed E-state index contributed by atoms with van der Waals surface area (Å²) in [5, 5.41) is 4.61. The van der Waals surface area contributed by atoms with Gasteiger partial charge in [0.05, 0.1) is 11.6 Å². The molecule has 30 heavy (non-hydrogen) atoms. The standard InChI is InChI=1S/C19H17F2N7O2/c1-9-2-3-10(7-27(9)18(29)14-6-23-8-30-14)16-25-17-12-4-11(20)5-13(21)15(12)24-19(22)28(17)26-16/h4-6,8-10H,2-3,7H2,1H3,(H2,22,24)/t9-,10+/m0/s1. The van der Waals surface area contributed by atoms with Crippen LogP contribution in [0.4, 0.5) is 14.7 Å². The number of benzene rings is 1. The number of carbonyl (C=O) groups excluding carboxylic acids is 1. The number of hydrogen-bond donors (Lipinski definition) is 1. The van der Waals surface area contributed by atoms with E-state index in [1.54, 1.807) is 4.90 Å². The van der Waals surface area contributed by atoms with E-state index in [4.69, 9.17) is 10.2 Å². The molecular weight excluding hydrogens is 396 g/mol. The third-order valence-electron chi connectivity index (χ3n) is 5.49. The lowest BCUT2D eigenvalue weighted by atomic mass is 9.92. The monoisotopic (exact) mass is 413 g/mol. The normalized spacial score (nSPS) is 19.6. The molecule has 1 aromatic carbocycles. The van der Waals surface area contributed by atoms with E-state index in [0.717, 1.165) is 25.0 Å². The summed E-state index contributed by atoms with van der Waals surface area (Å²) in [4.78, 5) is 26.8. The quantitative estimate of drug-likeness (QED) is 0.537. The number of nitrogens with zero attached hydrogens (tertiary/aromatic N) is 6. The number of carbonyl (C=O) groups is 1. The fourth-order valence-electron chi connectivity index (χ4n) is 3.91. The Morgan fingerprint density at radius 2 is 2.10 bits per heavy atom. The molecule has 1 aliphatic rings. The first kappa shape index (κ1) is 18.4. The minimum Gasteiger partial charge on any atom is -0.438 e. The summed E-state index contributed by atoms with van der Waals surface area (Å²) in [5.74, 6) is -1.46. The molecule has 4 heterocycles. The molecule has 11 heteroatoms. The number of anilines is 1. The van der Waals surface area contributed by atoms with E-state index in [1.165, 1.54) is 17.1 Å². The molecule has 154 valence electrons. The Labute approximate surface area is 168 Å². The van der Waals surface area contributed by atoms with Crippen LogP contribution in [0.3, 0.4) is 0 Å². The van der Waals surface area contributed by atoms with Crippen LogP contribution < -0.4 is 5.73 Å². The van der Waals surface area contributed by atoms with E-state index in [9.17, 15) is 13.6 Å². The van der Waals surface area contributed by atoms with Crippen LogP contribution in [0, 0.1) is 11.6 Å². The van der Waals surface area contributed by atoms with Crippen molar-refractivity contribution >= 4 is 28.4 Å². The predicted octanol–water partition coefficient (Wildman–Crippen LogP) is 2.53. The largest absolute Gasteiger partial charge is 0.438 e. The molecular formula is C19H17F2N7O2. The van der Waals surface area contributed by atoms with Crippen molar-refractivity contribution in [3.63, 3.8) is 0 Å². The molecule has 2 N–H and O–H groups in total. The minimum atomic E-state index is -0.820. The van der Waals surface area contributed by atoms with Crippen molar-refractivity contribution in [2.75, 3.05) is 12.3 Å². The van der Waals surface area contributed by atoms with Crippen molar-refractivity contribution in [3.8, 4) is 0 Å². The first-order valence-corrected chi connectivity index (χ1v) is 9.42. The second kappa shape index (κ2) is 6.71. The molecule has 0 aliphatic carbocycles. The third-order valence-corrected chi connectivity index (χ3v) is 5.49. The molecule has 0 spiro atoms. The van der Waals surface area contributed by atoms with Crippen LogP contribution in [-0.4, -0.2) is 48.0 Å². The van der Waals surface area contributed by atoms with Gasteiger partial charge in [-0.2, -0.15) is 4.52 Å². The van der Waals surface area contributed by atoms with E-state index in [1.807, 2.05) is 6.92 Å². The van der Waals surface area contributed by atoms with Crippen LogP contribution in [0.15, 0.2) is 29.1 Å². The highest BCUT2D eigenvalue weighted by Gasteiger charge is 2.33. The smallest absolute Gasteiger partial charge is 0.291 e. The number of aromatic nitrogens is 5. The van der Waals surface area contributed by atoms with E-state index in [2.05, 4.69) is 20.1 Å². The van der Waals surface area contributed by atoms with Crippen molar-refractivity contribution in [2.24, 2.45) is 0 Å². The fraction of sp³-hybridized carbons (Fsp3) is 0.316. The molecule has 9 nitrogen and oxygen atoms in total. The summed E-state index contributed by atoms with van der Waals surface area (Å²) < 4.78 is 34.4. The van der Waals surface area contributed by atoms with Gasteiger partial charge in [-0.05, 0) is 25.8 Å². The molecule has 1 amide bonds. The van der Waals surface area contributed by atoms with Gasteiger partial charge in [-0.3, -0.25) is 4.79 Å². The summed E-state index contributed by atoms with van der Waals surface area (Å²) in [6.07, 6.45) is 4.07. The molecule has 4 aromatic rings. The van der Waals surface area contributed by atoms with Crippen LogP contribution in [0.2, 0.25) is 0 Å². The average Bonchev–Trinajstić information content (AvgIpc) is 3.39. The van der Waals surface area contributed by atoms with Gasteiger partial charge in [0.2, 0.25) is 11.7 Å². The maximum atomic E-state index is 14.2. The molecule has 5 rings (SSSR count). The molecule has 2 atom stereocenters. The number of likely N-dealkylation sites (tertiary alicyclic amines) is 1. The summed E-state index contributed by atoms with van der Waals surface area (Å²) in [6.45, 7) is 2.33. The maximum Gasteiger partial charge on any atom is 0.291 e. The molecule has 1 aliphatic heterocycles. The maximum absolute atomic E-state index is 14.2. The second-order valence-electron chi connectivity index (χ2n) is 7.41. The fourth-order valence-corrected chi connectivity index (χ4v) is 3.91. The van der Waals surface area contributed by atoms with Crippen molar-refractivity contribution in [1.29, 1.82) is 0 Å². The van der Waals surface area contributed by atoms with Gasteiger partial charge in [0.15, 0.2) is 23.7 Å². The van der Waals surface area contributed by atoms with Gasteiger partial charge in [0, 0.05) is 24.6 Å². The first-order valence-electron chi connectivity index (χ1n) is 9.42. The zero-order valence-corrected chi connectivity index (χ0v) is 15.9. The number of piperidine rings is 1. The number of amides is 1. The zero-order valence-electron chi connectivity index (χ0n) is 15.9. The third kappa shape index (κ3) is 2.85. The molecule has 0 radical (unpaired) electrons. The van der Waals surface area contributed by atoms with E-state index in [0.29, 0.717) is 12.4 Å². The minimum absolute atomic E-state index is 0.00615. The Morgan fingerprint density at radius 1 is 1.27 bits per heavy atom.